The van der Waals surface area contributed by atoms with Gasteiger partial charge in [0.05, 0.1) is 11.2 Å². The van der Waals surface area contributed by atoms with Crippen LogP contribution in [0.2, 0.25) is 0 Å². The molecule has 2 aromatic carbocycles. The normalized spacial score (nSPS) is 10.6. The van der Waals surface area contributed by atoms with Crippen molar-refractivity contribution in [2.24, 2.45) is 0 Å². The number of aromatic nitrogens is 1. The summed E-state index contributed by atoms with van der Waals surface area (Å²) in [5.41, 5.74) is 4.31. The predicted octanol–water partition coefficient (Wildman–Crippen LogP) is 3.84. The summed E-state index contributed by atoms with van der Waals surface area (Å²) < 4.78 is 0. The first kappa shape index (κ1) is 17.6. The van der Waals surface area contributed by atoms with Crippen LogP contribution in [0, 0.1) is 13.8 Å². The van der Waals surface area contributed by atoms with Crippen molar-refractivity contribution in [3.63, 3.8) is 0 Å². The fraction of sp³-hybridized carbons (Fsp3) is 0.190. The van der Waals surface area contributed by atoms with E-state index in [4.69, 9.17) is 0 Å². The first-order valence-corrected chi connectivity index (χ1v) is 8.44. The summed E-state index contributed by atoms with van der Waals surface area (Å²) >= 11 is 0. The Kier molecular flexibility index (Phi) is 4.98. The standard InChI is InChI=1S/C21H21N3O2/c1-14-9-10-18(12-15(14)2)23-20(26)13-24(16(3)25)19-8-4-6-17-7-5-11-22-21(17)19/h4-12H,13H2,1-3H3,(H,23,26). The minimum Gasteiger partial charge on any atom is -0.325 e. The molecule has 0 aliphatic rings. The van der Waals surface area contributed by atoms with Crippen LogP contribution in [0.25, 0.3) is 10.9 Å². The summed E-state index contributed by atoms with van der Waals surface area (Å²) in [5.74, 6) is -0.463. The Balaban J connectivity index is 1.85. The molecule has 26 heavy (non-hydrogen) atoms. The van der Waals surface area contributed by atoms with Crippen molar-refractivity contribution < 1.29 is 9.59 Å². The van der Waals surface area contributed by atoms with E-state index in [1.165, 1.54) is 11.8 Å². The molecule has 0 spiro atoms. The van der Waals surface area contributed by atoms with Gasteiger partial charge in [0, 0.05) is 24.2 Å². The Hall–Kier alpha value is -3.21. The number of rotatable bonds is 4. The molecule has 3 aromatic rings. The van der Waals surface area contributed by atoms with Gasteiger partial charge >= 0.3 is 0 Å². The van der Waals surface area contributed by atoms with Crippen molar-refractivity contribution >= 4 is 34.1 Å². The Labute approximate surface area is 152 Å². The van der Waals surface area contributed by atoms with Crippen LogP contribution in [0.3, 0.4) is 0 Å². The van der Waals surface area contributed by atoms with Crippen LogP contribution in [0.1, 0.15) is 18.1 Å². The number of pyridine rings is 1. The van der Waals surface area contributed by atoms with Crippen LogP contribution in [0.4, 0.5) is 11.4 Å². The van der Waals surface area contributed by atoms with Gasteiger partial charge in [0.1, 0.15) is 6.54 Å². The lowest BCUT2D eigenvalue weighted by Gasteiger charge is -2.22. The first-order valence-electron chi connectivity index (χ1n) is 8.44. The zero-order valence-electron chi connectivity index (χ0n) is 15.1. The van der Waals surface area contributed by atoms with Gasteiger partial charge in [0.25, 0.3) is 0 Å². The molecule has 5 nitrogen and oxygen atoms in total. The molecule has 0 aliphatic carbocycles. The van der Waals surface area contributed by atoms with E-state index in [0.717, 1.165) is 22.2 Å². The highest BCUT2D eigenvalue weighted by Gasteiger charge is 2.18. The lowest BCUT2D eigenvalue weighted by molar-refractivity contribution is -0.120. The Morgan fingerprint density at radius 3 is 2.54 bits per heavy atom. The monoisotopic (exact) mass is 347 g/mol. The smallest absolute Gasteiger partial charge is 0.244 e. The molecule has 1 N–H and O–H groups in total. The molecule has 1 heterocycles. The third kappa shape index (κ3) is 3.72. The highest BCUT2D eigenvalue weighted by Crippen LogP contribution is 2.25. The van der Waals surface area contributed by atoms with E-state index >= 15 is 0 Å². The van der Waals surface area contributed by atoms with Crippen molar-refractivity contribution in [1.29, 1.82) is 0 Å². The second kappa shape index (κ2) is 7.35. The van der Waals surface area contributed by atoms with Gasteiger partial charge in [-0.1, -0.05) is 24.3 Å². The Morgan fingerprint density at radius 2 is 1.81 bits per heavy atom. The number of amides is 2. The molecular formula is C21H21N3O2. The average Bonchev–Trinajstić information content (AvgIpc) is 2.62. The summed E-state index contributed by atoms with van der Waals surface area (Å²) in [6, 6.07) is 15.1. The van der Waals surface area contributed by atoms with Gasteiger partial charge in [0.2, 0.25) is 11.8 Å². The number of hydrogen-bond acceptors (Lipinski definition) is 3. The number of fused-ring (bicyclic) bond motifs is 1. The second-order valence-electron chi connectivity index (χ2n) is 6.30. The van der Waals surface area contributed by atoms with Crippen LogP contribution >= 0.6 is 0 Å². The number of anilines is 2. The zero-order chi connectivity index (χ0) is 18.7. The summed E-state index contributed by atoms with van der Waals surface area (Å²) in [4.78, 5) is 30.5. The number of para-hydroxylation sites is 1. The number of nitrogens with zero attached hydrogens (tertiary/aromatic N) is 2. The first-order chi connectivity index (χ1) is 12.5. The van der Waals surface area contributed by atoms with Gasteiger partial charge in [-0.3, -0.25) is 14.6 Å². The molecule has 132 valence electrons. The van der Waals surface area contributed by atoms with Crippen LogP contribution in [0.5, 0.6) is 0 Å². The molecule has 0 fully saturated rings. The lowest BCUT2D eigenvalue weighted by atomic mass is 10.1. The average molecular weight is 347 g/mol. The van der Waals surface area contributed by atoms with Crippen molar-refractivity contribution in [2.75, 3.05) is 16.8 Å². The number of hydrogen-bond donors (Lipinski definition) is 1. The van der Waals surface area contributed by atoms with Gasteiger partial charge in [-0.25, -0.2) is 0 Å². The SMILES string of the molecule is CC(=O)N(CC(=O)Nc1ccc(C)c(C)c1)c1cccc2cccnc12. The number of benzene rings is 2. The van der Waals surface area contributed by atoms with E-state index in [0.29, 0.717) is 11.2 Å². The van der Waals surface area contributed by atoms with Gasteiger partial charge in [-0.15, -0.1) is 0 Å². The van der Waals surface area contributed by atoms with Crippen molar-refractivity contribution in [2.45, 2.75) is 20.8 Å². The van der Waals surface area contributed by atoms with Crippen molar-refractivity contribution in [3.8, 4) is 0 Å². The minimum absolute atomic E-state index is 0.0715. The summed E-state index contributed by atoms with van der Waals surface area (Å²) in [7, 11) is 0. The molecule has 0 saturated heterocycles. The molecule has 2 amide bonds. The molecule has 0 radical (unpaired) electrons. The highest BCUT2D eigenvalue weighted by atomic mass is 16.2. The van der Waals surface area contributed by atoms with Crippen LogP contribution in [0.15, 0.2) is 54.7 Å². The molecule has 0 bridgehead atoms. The van der Waals surface area contributed by atoms with Gasteiger partial charge in [-0.05, 0) is 49.2 Å². The summed E-state index contributed by atoms with van der Waals surface area (Å²) in [6.45, 7) is 5.39. The summed E-state index contributed by atoms with van der Waals surface area (Å²) in [5, 5.41) is 3.78. The Bertz CT molecular complexity index is 977. The maximum Gasteiger partial charge on any atom is 0.244 e. The Morgan fingerprint density at radius 1 is 1.04 bits per heavy atom. The van der Waals surface area contributed by atoms with Gasteiger partial charge in [-0.2, -0.15) is 0 Å². The van der Waals surface area contributed by atoms with Crippen molar-refractivity contribution in [1.82, 2.24) is 4.98 Å². The van der Waals surface area contributed by atoms with Gasteiger partial charge in [0.15, 0.2) is 0 Å². The van der Waals surface area contributed by atoms with Crippen LogP contribution in [-0.4, -0.2) is 23.3 Å². The zero-order valence-corrected chi connectivity index (χ0v) is 15.1. The molecule has 1 aromatic heterocycles. The fourth-order valence-electron chi connectivity index (χ4n) is 2.84. The molecule has 0 atom stereocenters. The van der Waals surface area contributed by atoms with E-state index < -0.39 is 0 Å². The predicted molar refractivity (Wildman–Crippen MR) is 104 cm³/mol. The maximum absolute atomic E-state index is 12.5. The maximum atomic E-state index is 12.5. The van der Waals surface area contributed by atoms with E-state index in [1.54, 1.807) is 12.3 Å². The topological polar surface area (TPSA) is 62.3 Å². The van der Waals surface area contributed by atoms with Gasteiger partial charge < -0.3 is 10.2 Å². The lowest BCUT2D eigenvalue weighted by Crippen LogP contribution is -2.36. The van der Waals surface area contributed by atoms with E-state index in [9.17, 15) is 9.59 Å². The molecule has 0 aliphatic heterocycles. The van der Waals surface area contributed by atoms with E-state index in [2.05, 4.69) is 10.3 Å². The van der Waals surface area contributed by atoms with Crippen molar-refractivity contribution in [3.05, 3.63) is 65.9 Å². The third-order valence-corrected chi connectivity index (χ3v) is 4.37. The number of aryl methyl sites for hydroxylation is 2. The number of carbonyl (C=O) groups is 2. The van der Waals surface area contributed by atoms with Crippen LogP contribution < -0.4 is 10.2 Å². The fourth-order valence-corrected chi connectivity index (χ4v) is 2.84. The minimum atomic E-state index is -0.253. The molecule has 0 saturated carbocycles. The largest absolute Gasteiger partial charge is 0.325 e. The van der Waals surface area contributed by atoms with E-state index in [-0.39, 0.29) is 18.4 Å². The molecule has 3 rings (SSSR count). The third-order valence-electron chi connectivity index (χ3n) is 4.37. The number of carbonyl (C=O) groups excluding carboxylic acids is 2. The highest BCUT2D eigenvalue weighted by molar-refractivity contribution is 6.06. The quantitative estimate of drug-likeness (QED) is 0.780. The molecular weight excluding hydrogens is 326 g/mol. The van der Waals surface area contributed by atoms with E-state index in [1.807, 2.05) is 56.3 Å². The van der Waals surface area contributed by atoms with Crippen LogP contribution in [-0.2, 0) is 9.59 Å². The molecule has 5 heteroatoms. The molecule has 0 unspecified atom stereocenters. The second-order valence-corrected chi connectivity index (χ2v) is 6.30. The summed E-state index contributed by atoms with van der Waals surface area (Å²) in [6.07, 6.45) is 1.68. The number of nitrogens with one attached hydrogen (secondary N) is 1.